The lowest BCUT2D eigenvalue weighted by Crippen LogP contribution is -2.29. The van der Waals surface area contributed by atoms with Crippen LogP contribution < -0.4 is 4.18 Å². The highest BCUT2D eigenvalue weighted by molar-refractivity contribution is 7.90. The molecule has 0 N–H and O–H groups in total. The van der Waals surface area contributed by atoms with Crippen LogP contribution in [0.2, 0.25) is 0 Å². The third-order valence-corrected chi connectivity index (χ3v) is 9.02. The van der Waals surface area contributed by atoms with Crippen LogP contribution in [0.25, 0.3) is 10.9 Å². The van der Waals surface area contributed by atoms with Gasteiger partial charge in [-0.15, -0.1) is 0 Å². The van der Waals surface area contributed by atoms with E-state index in [4.69, 9.17) is 4.18 Å². The topological polar surface area (TPSA) is 85.7 Å². The molecule has 9 heteroatoms. The Labute approximate surface area is 189 Å². The summed E-state index contributed by atoms with van der Waals surface area (Å²) >= 11 is 0. The van der Waals surface area contributed by atoms with Crippen LogP contribution in [0.15, 0.2) is 59.6 Å². The maximum Gasteiger partial charge on any atom is 0.339 e. The fraction of sp³-hybridized carbons (Fsp3) is 0.391. The minimum Gasteiger partial charge on any atom is -0.379 e. The van der Waals surface area contributed by atoms with E-state index in [9.17, 15) is 16.8 Å². The molecule has 2 heterocycles. The quantitative estimate of drug-likeness (QED) is 0.482. The SMILES string of the molecule is CCCS(=O)(=O)n1cc(C2CCN(C)CC2)c2cc(OS(=O)(=O)c3ccccc3)ccc21. The molecule has 1 fully saturated rings. The van der Waals surface area contributed by atoms with E-state index in [0.717, 1.165) is 36.9 Å². The lowest BCUT2D eigenvalue weighted by molar-refractivity contribution is 0.256. The first-order chi connectivity index (χ1) is 15.2. The molecule has 1 saturated heterocycles. The van der Waals surface area contributed by atoms with Crippen molar-refractivity contribution >= 4 is 31.0 Å². The fourth-order valence-corrected chi connectivity index (χ4v) is 6.64. The van der Waals surface area contributed by atoms with Crippen molar-refractivity contribution in [3.8, 4) is 5.75 Å². The number of nitrogens with zero attached hydrogens (tertiary/aromatic N) is 2. The predicted molar refractivity (Wildman–Crippen MR) is 125 cm³/mol. The highest BCUT2D eigenvalue weighted by Crippen LogP contribution is 2.37. The smallest absolute Gasteiger partial charge is 0.339 e. The molecule has 1 aromatic heterocycles. The molecule has 0 bridgehead atoms. The van der Waals surface area contributed by atoms with Gasteiger partial charge in [-0.05, 0) is 81.2 Å². The molecule has 4 rings (SSSR count). The number of hydrogen-bond acceptors (Lipinski definition) is 6. The molecule has 32 heavy (non-hydrogen) atoms. The molecule has 0 unspecified atom stereocenters. The molecule has 0 spiro atoms. The molecular weight excluding hydrogens is 448 g/mol. The summed E-state index contributed by atoms with van der Waals surface area (Å²) in [6.07, 6.45) is 4.07. The van der Waals surface area contributed by atoms with E-state index in [1.165, 1.54) is 22.2 Å². The summed E-state index contributed by atoms with van der Waals surface area (Å²) in [6, 6.07) is 12.8. The maximum absolute atomic E-state index is 12.9. The van der Waals surface area contributed by atoms with Crippen LogP contribution in [-0.4, -0.2) is 51.6 Å². The lowest BCUT2D eigenvalue weighted by atomic mass is 9.89. The van der Waals surface area contributed by atoms with Gasteiger partial charge in [-0.2, -0.15) is 8.42 Å². The van der Waals surface area contributed by atoms with E-state index in [0.29, 0.717) is 11.9 Å². The van der Waals surface area contributed by atoms with Crippen LogP contribution >= 0.6 is 0 Å². The Morgan fingerprint density at radius 2 is 1.69 bits per heavy atom. The molecular formula is C23H28N2O5S2. The number of aromatic nitrogens is 1. The number of likely N-dealkylation sites (tertiary alicyclic amines) is 1. The average Bonchev–Trinajstić information content (AvgIpc) is 3.14. The molecule has 1 aliphatic rings. The van der Waals surface area contributed by atoms with Crippen LogP contribution in [-0.2, 0) is 20.1 Å². The summed E-state index contributed by atoms with van der Waals surface area (Å²) in [4.78, 5) is 2.32. The van der Waals surface area contributed by atoms with Gasteiger partial charge in [-0.1, -0.05) is 25.1 Å². The minimum absolute atomic E-state index is 0.0459. The van der Waals surface area contributed by atoms with E-state index < -0.39 is 20.1 Å². The Balaban J connectivity index is 1.79. The third kappa shape index (κ3) is 4.55. The molecule has 0 aliphatic carbocycles. The molecule has 172 valence electrons. The van der Waals surface area contributed by atoms with E-state index in [-0.39, 0.29) is 22.3 Å². The van der Waals surface area contributed by atoms with Crippen molar-refractivity contribution in [3.05, 3.63) is 60.3 Å². The minimum atomic E-state index is -3.99. The van der Waals surface area contributed by atoms with Crippen molar-refractivity contribution in [2.75, 3.05) is 25.9 Å². The molecule has 0 amide bonds. The molecule has 3 aromatic rings. The molecule has 2 aromatic carbocycles. The van der Waals surface area contributed by atoms with Crippen LogP contribution in [0.5, 0.6) is 5.75 Å². The summed E-state index contributed by atoms with van der Waals surface area (Å²) in [5, 5.41) is 0.722. The zero-order valence-electron chi connectivity index (χ0n) is 18.3. The Bertz CT molecular complexity index is 1310. The van der Waals surface area contributed by atoms with Crippen LogP contribution in [0.3, 0.4) is 0 Å². The summed E-state index contributed by atoms with van der Waals surface area (Å²) in [5.74, 6) is 0.415. The van der Waals surface area contributed by atoms with E-state index >= 15 is 0 Å². The summed E-state index contributed by atoms with van der Waals surface area (Å²) in [5.41, 5.74) is 1.48. The summed E-state index contributed by atoms with van der Waals surface area (Å²) < 4.78 is 58.0. The van der Waals surface area contributed by atoms with Gasteiger partial charge in [-0.25, -0.2) is 12.4 Å². The predicted octanol–water partition coefficient (Wildman–Crippen LogP) is 3.81. The van der Waals surface area contributed by atoms with Crippen LogP contribution in [0.1, 0.15) is 37.7 Å². The standard InChI is InChI=1S/C23H28N2O5S2/c1-3-15-31(26,27)25-17-22(18-11-13-24(2)14-12-18)21-16-19(9-10-23(21)25)30-32(28,29)20-7-5-4-6-8-20/h4-10,16-18H,3,11-15H2,1-2H3. The zero-order chi connectivity index (χ0) is 22.9. The van der Waals surface area contributed by atoms with Gasteiger partial charge in [0.25, 0.3) is 0 Å². The first-order valence-corrected chi connectivity index (χ1v) is 13.8. The Morgan fingerprint density at radius 1 is 1.00 bits per heavy atom. The van der Waals surface area contributed by atoms with Crippen molar-refractivity contribution in [2.24, 2.45) is 0 Å². The first kappa shape index (κ1) is 22.8. The molecule has 0 saturated carbocycles. The number of fused-ring (bicyclic) bond motifs is 1. The second-order valence-corrected chi connectivity index (χ2v) is 11.8. The van der Waals surface area contributed by atoms with Gasteiger partial charge in [0, 0.05) is 11.6 Å². The first-order valence-electron chi connectivity index (χ1n) is 10.8. The number of benzene rings is 2. The maximum atomic E-state index is 12.9. The highest BCUT2D eigenvalue weighted by Gasteiger charge is 2.26. The van der Waals surface area contributed by atoms with Crippen molar-refractivity contribution in [2.45, 2.75) is 37.0 Å². The zero-order valence-corrected chi connectivity index (χ0v) is 19.9. The Morgan fingerprint density at radius 3 is 2.34 bits per heavy atom. The van der Waals surface area contributed by atoms with E-state index in [1.807, 2.05) is 6.92 Å². The van der Waals surface area contributed by atoms with Crippen molar-refractivity contribution < 1.29 is 21.0 Å². The van der Waals surface area contributed by atoms with Gasteiger partial charge in [0.1, 0.15) is 10.6 Å². The van der Waals surface area contributed by atoms with Gasteiger partial charge in [0.2, 0.25) is 10.0 Å². The van der Waals surface area contributed by atoms with Crippen LogP contribution in [0.4, 0.5) is 0 Å². The monoisotopic (exact) mass is 476 g/mol. The van der Waals surface area contributed by atoms with Gasteiger partial charge < -0.3 is 9.08 Å². The van der Waals surface area contributed by atoms with Gasteiger partial charge in [-0.3, -0.25) is 0 Å². The number of hydrogen-bond donors (Lipinski definition) is 0. The molecule has 7 nitrogen and oxygen atoms in total. The third-order valence-electron chi connectivity index (χ3n) is 5.93. The second kappa shape index (κ2) is 8.88. The highest BCUT2D eigenvalue weighted by atomic mass is 32.2. The molecule has 1 aliphatic heterocycles. The Kier molecular flexibility index (Phi) is 6.33. The van der Waals surface area contributed by atoms with Gasteiger partial charge in [0.15, 0.2) is 0 Å². The largest absolute Gasteiger partial charge is 0.379 e. The van der Waals surface area contributed by atoms with Crippen molar-refractivity contribution in [3.63, 3.8) is 0 Å². The summed E-state index contributed by atoms with van der Waals surface area (Å²) in [6.45, 7) is 3.69. The van der Waals surface area contributed by atoms with E-state index in [2.05, 4.69) is 11.9 Å². The fourth-order valence-electron chi connectivity index (χ4n) is 4.25. The van der Waals surface area contributed by atoms with Gasteiger partial charge >= 0.3 is 10.1 Å². The normalized spacial score (nSPS) is 16.4. The Hall–Kier alpha value is -2.36. The number of rotatable bonds is 7. The van der Waals surface area contributed by atoms with Crippen LogP contribution in [0, 0.1) is 0 Å². The van der Waals surface area contributed by atoms with Crippen molar-refractivity contribution in [1.82, 2.24) is 8.87 Å². The molecule has 0 atom stereocenters. The lowest BCUT2D eigenvalue weighted by Gasteiger charge is -2.28. The van der Waals surface area contributed by atoms with Gasteiger partial charge in [0.05, 0.1) is 11.3 Å². The van der Waals surface area contributed by atoms with Crippen molar-refractivity contribution in [1.29, 1.82) is 0 Å². The van der Waals surface area contributed by atoms with E-state index in [1.54, 1.807) is 36.5 Å². The second-order valence-electron chi connectivity index (χ2n) is 8.30. The average molecular weight is 477 g/mol. The molecule has 0 radical (unpaired) electrons. The summed E-state index contributed by atoms with van der Waals surface area (Å²) in [7, 11) is -5.42. The number of piperidine rings is 1.